The molecular formula is C18H18N2O3. The van der Waals surface area contributed by atoms with Gasteiger partial charge in [0.05, 0.1) is 12.1 Å². The summed E-state index contributed by atoms with van der Waals surface area (Å²) in [5.74, 6) is 0.0242. The Kier molecular flexibility index (Phi) is 4.39. The summed E-state index contributed by atoms with van der Waals surface area (Å²) in [4.78, 5) is 16.7. The SMILES string of the molecule is C=CCOc1cccnc1C(=O)NC1c2ccccc2CC1O. The molecule has 0 saturated heterocycles. The van der Waals surface area contributed by atoms with Gasteiger partial charge in [-0.25, -0.2) is 4.98 Å². The Bertz CT molecular complexity index is 730. The number of hydrogen-bond acceptors (Lipinski definition) is 4. The fraction of sp³-hybridized carbons (Fsp3) is 0.222. The first-order valence-electron chi connectivity index (χ1n) is 7.46. The number of ether oxygens (including phenoxy) is 1. The number of fused-ring (bicyclic) bond motifs is 1. The molecule has 1 heterocycles. The van der Waals surface area contributed by atoms with Gasteiger partial charge in [0.15, 0.2) is 11.4 Å². The van der Waals surface area contributed by atoms with E-state index in [2.05, 4.69) is 16.9 Å². The molecule has 5 nitrogen and oxygen atoms in total. The summed E-state index contributed by atoms with van der Waals surface area (Å²) < 4.78 is 5.46. The summed E-state index contributed by atoms with van der Waals surface area (Å²) >= 11 is 0. The van der Waals surface area contributed by atoms with E-state index in [0.717, 1.165) is 11.1 Å². The molecule has 23 heavy (non-hydrogen) atoms. The van der Waals surface area contributed by atoms with E-state index in [1.165, 1.54) is 6.20 Å². The van der Waals surface area contributed by atoms with Crippen LogP contribution in [-0.2, 0) is 6.42 Å². The molecule has 0 fully saturated rings. The van der Waals surface area contributed by atoms with Crippen LogP contribution in [0.1, 0.15) is 27.7 Å². The van der Waals surface area contributed by atoms with E-state index >= 15 is 0 Å². The number of nitrogens with one attached hydrogen (secondary N) is 1. The lowest BCUT2D eigenvalue weighted by molar-refractivity contribution is 0.0849. The number of nitrogens with zero attached hydrogens (tertiary/aromatic N) is 1. The van der Waals surface area contributed by atoms with Crippen LogP contribution in [0.2, 0.25) is 0 Å². The van der Waals surface area contributed by atoms with Gasteiger partial charge in [-0.1, -0.05) is 36.9 Å². The van der Waals surface area contributed by atoms with Gasteiger partial charge in [-0.15, -0.1) is 0 Å². The molecule has 0 bridgehead atoms. The third kappa shape index (κ3) is 3.10. The molecule has 1 aromatic heterocycles. The minimum absolute atomic E-state index is 0.200. The molecule has 1 amide bonds. The molecule has 1 aromatic carbocycles. The number of aliphatic hydroxyl groups excluding tert-OH is 1. The summed E-state index contributed by atoms with van der Waals surface area (Å²) in [6, 6.07) is 10.7. The second-order valence-electron chi connectivity index (χ2n) is 5.37. The summed E-state index contributed by atoms with van der Waals surface area (Å²) in [6.45, 7) is 3.88. The maximum atomic E-state index is 12.5. The summed E-state index contributed by atoms with van der Waals surface area (Å²) in [5.41, 5.74) is 2.19. The molecule has 0 aliphatic heterocycles. The lowest BCUT2D eigenvalue weighted by Gasteiger charge is -2.18. The van der Waals surface area contributed by atoms with E-state index in [0.29, 0.717) is 18.8 Å². The van der Waals surface area contributed by atoms with Gasteiger partial charge >= 0.3 is 0 Å². The van der Waals surface area contributed by atoms with E-state index in [-0.39, 0.29) is 11.6 Å². The highest BCUT2D eigenvalue weighted by Crippen LogP contribution is 2.31. The van der Waals surface area contributed by atoms with Crippen LogP contribution in [0, 0.1) is 0 Å². The van der Waals surface area contributed by atoms with Crippen molar-refractivity contribution in [1.29, 1.82) is 0 Å². The van der Waals surface area contributed by atoms with E-state index in [1.807, 2.05) is 24.3 Å². The monoisotopic (exact) mass is 310 g/mol. The molecule has 2 aromatic rings. The lowest BCUT2D eigenvalue weighted by Crippen LogP contribution is -2.34. The van der Waals surface area contributed by atoms with Crippen molar-refractivity contribution < 1.29 is 14.6 Å². The van der Waals surface area contributed by atoms with Gasteiger partial charge in [-0.3, -0.25) is 4.79 Å². The van der Waals surface area contributed by atoms with E-state index in [9.17, 15) is 9.90 Å². The fourth-order valence-electron chi connectivity index (χ4n) is 2.78. The molecule has 5 heteroatoms. The Morgan fingerprint density at radius 3 is 3.04 bits per heavy atom. The smallest absolute Gasteiger partial charge is 0.274 e. The minimum Gasteiger partial charge on any atom is -0.487 e. The Morgan fingerprint density at radius 1 is 1.39 bits per heavy atom. The van der Waals surface area contributed by atoms with Gasteiger partial charge in [0.25, 0.3) is 5.91 Å². The van der Waals surface area contributed by atoms with Crippen LogP contribution in [0.25, 0.3) is 0 Å². The Morgan fingerprint density at radius 2 is 2.22 bits per heavy atom. The minimum atomic E-state index is -0.641. The van der Waals surface area contributed by atoms with E-state index < -0.39 is 12.1 Å². The first-order chi connectivity index (χ1) is 11.2. The Labute approximate surface area is 134 Å². The van der Waals surface area contributed by atoms with Crippen molar-refractivity contribution in [1.82, 2.24) is 10.3 Å². The number of benzene rings is 1. The molecule has 1 aliphatic rings. The molecule has 3 rings (SSSR count). The molecule has 2 N–H and O–H groups in total. The summed E-state index contributed by atoms with van der Waals surface area (Å²) in [6.07, 6.45) is 3.03. The molecule has 1 aliphatic carbocycles. The van der Waals surface area contributed by atoms with Crippen LogP contribution >= 0.6 is 0 Å². The van der Waals surface area contributed by atoms with Crippen molar-refractivity contribution >= 4 is 5.91 Å². The molecular weight excluding hydrogens is 292 g/mol. The topological polar surface area (TPSA) is 71.5 Å². The number of carbonyl (C=O) groups is 1. The third-order valence-corrected chi connectivity index (χ3v) is 3.83. The van der Waals surface area contributed by atoms with Crippen LogP contribution in [0.3, 0.4) is 0 Å². The highest BCUT2D eigenvalue weighted by Gasteiger charge is 2.32. The second kappa shape index (κ2) is 6.62. The number of aromatic nitrogens is 1. The fourth-order valence-corrected chi connectivity index (χ4v) is 2.78. The number of aliphatic hydroxyl groups is 1. The normalized spacial score (nSPS) is 19.0. The standard InChI is InChI=1S/C18H18N2O3/c1-2-10-23-15-8-5-9-19-17(15)18(22)20-16-13-7-4-3-6-12(13)11-14(16)21/h2-9,14,16,21H,1,10-11H2,(H,20,22). The van der Waals surface area contributed by atoms with Crippen LogP contribution < -0.4 is 10.1 Å². The van der Waals surface area contributed by atoms with Gasteiger partial charge < -0.3 is 15.2 Å². The lowest BCUT2D eigenvalue weighted by atomic mass is 10.1. The highest BCUT2D eigenvalue weighted by atomic mass is 16.5. The van der Waals surface area contributed by atoms with E-state index in [1.54, 1.807) is 18.2 Å². The number of pyridine rings is 1. The maximum absolute atomic E-state index is 12.5. The molecule has 0 spiro atoms. The number of amides is 1. The summed E-state index contributed by atoms with van der Waals surface area (Å²) in [7, 11) is 0. The average Bonchev–Trinajstić information content (AvgIpc) is 2.89. The summed E-state index contributed by atoms with van der Waals surface area (Å²) in [5, 5.41) is 13.1. The van der Waals surface area contributed by atoms with Gasteiger partial charge in [-0.2, -0.15) is 0 Å². The quantitative estimate of drug-likeness (QED) is 0.829. The van der Waals surface area contributed by atoms with Crippen LogP contribution in [0.4, 0.5) is 0 Å². The average molecular weight is 310 g/mol. The van der Waals surface area contributed by atoms with Crippen LogP contribution in [0.15, 0.2) is 55.3 Å². The van der Waals surface area contributed by atoms with Crippen molar-refractivity contribution in [2.45, 2.75) is 18.6 Å². The second-order valence-corrected chi connectivity index (χ2v) is 5.37. The zero-order valence-electron chi connectivity index (χ0n) is 12.6. The number of carbonyl (C=O) groups excluding carboxylic acids is 1. The van der Waals surface area contributed by atoms with Crippen LogP contribution in [0.5, 0.6) is 5.75 Å². The molecule has 0 saturated carbocycles. The third-order valence-electron chi connectivity index (χ3n) is 3.83. The van der Waals surface area contributed by atoms with Gasteiger partial charge in [0.2, 0.25) is 0 Å². The van der Waals surface area contributed by atoms with Gasteiger partial charge in [-0.05, 0) is 23.3 Å². The zero-order chi connectivity index (χ0) is 16.2. The first-order valence-corrected chi connectivity index (χ1v) is 7.46. The first kappa shape index (κ1) is 15.2. The predicted molar refractivity (Wildman–Crippen MR) is 86.3 cm³/mol. The van der Waals surface area contributed by atoms with Crippen molar-refractivity contribution in [3.63, 3.8) is 0 Å². The Balaban J connectivity index is 1.81. The molecule has 2 atom stereocenters. The largest absolute Gasteiger partial charge is 0.487 e. The van der Waals surface area contributed by atoms with Crippen molar-refractivity contribution in [3.05, 3.63) is 72.1 Å². The van der Waals surface area contributed by atoms with Crippen LogP contribution in [-0.4, -0.2) is 28.7 Å². The zero-order valence-corrected chi connectivity index (χ0v) is 12.6. The Hall–Kier alpha value is -2.66. The number of rotatable bonds is 5. The number of hydrogen-bond donors (Lipinski definition) is 2. The van der Waals surface area contributed by atoms with Crippen molar-refractivity contribution in [3.8, 4) is 5.75 Å². The van der Waals surface area contributed by atoms with Crippen molar-refractivity contribution in [2.24, 2.45) is 0 Å². The van der Waals surface area contributed by atoms with Gasteiger partial charge in [0, 0.05) is 12.6 Å². The van der Waals surface area contributed by atoms with Gasteiger partial charge in [0.1, 0.15) is 6.61 Å². The highest BCUT2D eigenvalue weighted by molar-refractivity contribution is 5.95. The molecule has 118 valence electrons. The van der Waals surface area contributed by atoms with E-state index in [4.69, 9.17) is 4.74 Å². The molecule has 2 unspecified atom stereocenters. The van der Waals surface area contributed by atoms with Crippen molar-refractivity contribution in [2.75, 3.05) is 6.61 Å². The predicted octanol–water partition coefficient (Wildman–Crippen LogP) is 2.03. The molecule has 0 radical (unpaired) electrons. The maximum Gasteiger partial charge on any atom is 0.274 e.